The first-order valence-corrected chi connectivity index (χ1v) is 25.5. The summed E-state index contributed by atoms with van der Waals surface area (Å²) in [4.78, 5) is 2.43. The summed E-state index contributed by atoms with van der Waals surface area (Å²) in [6.07, 6.45) is 6.97. The van der Waals surface area contributed by atoms with E-state index in [1.54, 1.807) is 11.1 Å². The molecular formula is C67H56N2. The van der Waals surface area contributed by atoms with Crippen molar-refractivity contribution in [2.75, 3.05) is 4.90 Å². The van der Waals surface area contributed by atoms with Gasteiger partial charge in [-0.3, -0.25) is 0 Å². The molecule has 0 N–H and O–H groups in total. The van der Waals surface area contributed by atoms with Crippen LogP contribution in [0.15, 0.2) is 212 Å². The van der Waals surface area contributed by atoms with E-state index in [1.165, 1.54) is 110 Å². The van der Waals surface area contributed by atoms with E-state index in [4.69, 9.17) is 0 Å². The highest BCUT2D eigenvalue weighted by molar-refractivity contribution is 6.12. The first-order chi connectivity index (χ1) is 34.0. The van der Waals surface area contributed by atoms with E-state index in [-0.39, 0.29) is 5.41 Å². The van der Waals surface area contributed by atoms with Gasteiger partial charge in [0.2, 0.25) is 0 Å². The fraction of sp³-hybridized carbons (Fsp3) is 0.194. The number of anilines is 3. The van der Waals surface area contributed by atoms with Crippen LogP contribution >= 0.6 is 0 Å². The molecular weight excluding hydrogens is 833 g/mol. The SMILES string of the molecule is CC(C)c1ccccc1-c1ccc(N(c2ccc(-c3ccccc3)cc2)c2ccc3c(c2)c2ccc(-c4cccc5c4C4(c6ccccc6-5)C5CC6CC(C5)CC4C6)cc2n3-c2ccccc2)cc1. The van der Waals surface area contributed by atoms with Crippen molar-refractivity contribution in [2.24, 2.45) is 23.7 Å². The predicted molar refractivity (Wildman–Crippen MR) is 289 cm³/mol. The van der Waals surface area contributed by atoms with Crippen molar-refractivity contribution in [2.45, 2.75) is 57.3 Å². The number of aromatic nitrogens is 1. The first kappa shape index (κ1) is 40.6. The summed E-state index contributed by atoms with van der Waals surface area (Å²) >= 11 is 0. The van der Waals surface area contributed by atoms with Gasteiger partial charge in [-0.05, 0) is 184 Å². The van der Waals surface area contributed by atoms with Gasteiger partial charge in [0.25, 0.3) is 0 Å². The monoisotopic (exact) mass is 888 g/mol. The average molecular weight is 889 g/mol. The Bertz CT molecular complexity index is 3550. The van der Waals surface area contributed by atoms with Gasteiger partial charge in [-0.15, -0.1) is 0 Å². The van der Waals surface area contributed by atoms with Crippen LogP contribution < -0.4 is 4.90 Å². The molecule has 1 heterocycles. The minimum absolute atomic E-state index is 0.0880. The lowest BCUT2D eigenvalue weighted by Crippen LogP contribution is -2.55. The van der Waals surface area contributed by atoms with Crippen LogP contribution in [0.25, 0.3) is 72.0 Å². The Kier molecular flexibility index (Phi) is 9.32. The zero-order valence-electron chi connectivity index (χ0n) is 39.5. The molecule has 0 amide bonds. The summed E-state index contributed by atoms with van der Waals surface area (Å²) in [5, 5.41) is 2.51. The third-order valence-corrected chi connectivity index (χ3v) is 17.2. The van der Waals surface area contributed by atoms with E-state index < -0.39 is 0 Å². The number of nitrogens with zero attached hydrogens (tertiary/aromatic N) is 2. The second kappa shape index (κ2) is 15.8. The van der Waals surface area contributed by atoms with Crippen molar-refractivity contribution in [1.82, 2.24) is 4.57 Å². The van der Waals surface area contributed by atoms with Gasteiger partial charge in [0, 0.05) is 38.9 Å². The second-order valence-electron chi connectivity index (χ2n) is 21.1. The number of hydrogen-bond acceptors (Lipinski definition) is 1. The normalized spacial score (nSPS) is 20.8. The lowest BCUT2D eigenvalue weighted by molar-refractivity contribution is -0.0397. The molecule has 1 spiro atoms. The van der Waals surface area contributed by atoms with Crippen LogP contribution in [0.1, 0.15) is 68.6 Å². The quantitative estimate of drug-likeness (QED) is 0.148. The molecule has 0 radical (unpaired) electrons. The molecule has 5 aliphatic carbocycles. The zero-order chi connectivity index (χ0) is 45.8. The topological polar surface area (TPSA) is 8.17 Å². The minimum Gasteiger partial charge on any atom is -0.310 e. The van der Waals surface area contributed by atoms with E-state index in [0.29, 0.717) is 17.8 Å². The van der Waals surface area contributed by atoms with Gasteiger partial charge in [0.05, 0.1) is 11.0 Å². The number of hydrogen-bond donors (Lipinski definition) is 0. The Morgan fingerprint density at radius 1 is 0.420 bits per heavy atom. The lowest BCUT2D eigenvalue weighted by atomic mass is 9.42. The number of benzene rings is 9. The van der Waals surface area contributed by atoms with Crippen molar-refractivity contribution in [3.63, 3.8) is 0 Å². The second-order valence-corrected chi connectivity index (χ2v) is 21.1. The van der Waals surface area contributed by atoms with Crippen molar-refractivity contribution >= 4 is 38.9 Å². The molecule has 0 atom stereocenters. The van der Waals surface area contributed by atoms with Gasteiger partial charge in [-0.2, -0.15) is 0 Å². The Morgan fingerprint density at radius 2 is 0.986 bits per heavy atom. The molecule has 4 saturated carbocycles. The van der Waals surface area contributed by atoms with Crippen LogP contribution in [0.2, 0.25) is 0 Å². The average Bonchev–Trinajstić information content (AvgIpc) is 3.89. The van der Waals surface area contributed by atoms with Crippen LogP contribution in [-0.2, 0) is 5.41 Å². The van der Waals surface area contributed by atoms with Crippen molar-refractivity contribution in [3.8, 4) is 50.2 Å². The third-order valence-electron chi connectivity index (χ3n) is 17.2. The molecule has 10 aromatic rings. The van der Waals surface area contributed by atoms with Crippen molar-refractivity contribution < 1.29 is 0 Å². The van der Waals surface area contributed by atoms with E-state index >= 15 is 0 Å². The Labute approximate surface area is 406 Å². The van der Waals surface area contributed by atoms with Gasteiger partial charge in [0.15, 0.2) is 0 Å². The molecule has 5 aliphatic rings. The zero-order valence-corrected chi connectivity index (χ0v) is 39.5. The molecule has 1 aromatic heterocycles. The summed E-state index contributed by atoms with van der Waals surface area (Å²) in [5.41, 5.74) is 22.3. The summed E-state index contributed by atoms with van der Waals surface area (Å²) in [5.74, 6) is 3.66. The van der Waals surface area contributed by atoms with E-state index in [0.717, 1.165) is 28.9 Å². The fourth-order valence-corrected chi connectivity index (χ4v) is 14.6. The highest BCUT2D eigenvalue weighted by atomic mass is 15.1. The molecule has 2 nitrogen and oxygen atoms in total. The molecule has 2 heteroatoms. The number of para-hydroxylation sites is 1. The van der Waals surface area contributed by atoms with E-state index in [9.17, 15) is 0 Å². The molecule has 0 aliphatic heterocycles. The molecule has 4 bridgehead atoms. The molecule has 9 aromatic carbocycles. The molecule has 15 rings (SSSR count). The maximum absolute atomic E-state index is 2.53. The van der Waals surface area contributed by atoms with Crippen molar-refractivity contribution in [1.29, 1.82) is 0 Å². The van der Waals surface area contributed by atoms with Crippen molar-refractivity contribution in [3.05, 3.63) is 229 Å². The maximum atomic E-state index is 2.53. The van der Waals surface area contributed by atoms with Crippen LogP contribution in [0.5, 0.6) is 0 Å². The van der Waals surface area contributed by atoms with Crippen LogP contribution in [0.3, 0.4) is 0 Å². The first-order valence-electron chi connectivity index (χ1n) is 25.5. The highest BCUT2D eigenvalue weighted by Gasteiger charge is 2.62. The molecule has 334 valence electrons. The smallest absolute Gasteiger partial charge is 0.0547 e. The number of rotatable bonds is 8. The van der Waals surface area contributed by atoms with Gasteiger partial charge in [-0.25, -0.2) is 0 Å². The Balaban J connectivity index is 0.940. The van der Waals surface area contributed by atoms with E-state index in [1.807, 2.05) is 0 Å². The Morgan fingerprint density at radius 3 is 1.70 bits per heavy atom. The molecule has 69 heavy (non-hydrogen) atoms. The highest BCUT2D eigenvalue weighted by Crippen LogP contribution is 2.70. The summed E-state index contributed by atoms with van der Waals surface area (Å²) < 4.78 is 2.51. The fourth-order valence-electron chi connectivity index (χ4n) is 14.6. The lowest BCUT2D eigenvalue weighted by Gasteiger charge is -2.61. The third kappa shape index (κ3) is 6.24. The minimum atomic E-state index is 0.0880. The van der Waals surface area contributed by atoms with E-state index in [2.05, 4.69) is 236 Å². The maximum Gasteiger partial charge on any atom is 0.0547 e. The molecule has 4 fully saturated rings. The van der Waals surface area contributed by atoms with Crippen LogP contribution in [-0.4, -0.2) is 4.57 Å². The Hall–Kier alpha value is -7.42. The number of fused-ring (bicyclic) bond motifs is 6. The summed E-state index contributed by atoms with van der Waals surface area (Å²) in [6.45, 7) is 4.57. The molecule has 0 unspecified atom stereocenters. The van der Waals surface area contributed by atoms with Crippen LogP contribution in [0.4, 0.5) is 17.1 Å². The summed E-state index contributed by atoms with van der Waals surface area (Å²) in [6, 6.07) is 80.1. The van der Waals surface area contributed by atoms with Gasteiger partial charge in [-0.1, -0.05) is 166 Å². The summed E-state index contributed by atoms with van der Waals surface area (Å²) in [7, 11) is 0. The predicted octanol–water partition coefficient (Wildman–Crippen LogP) is 18.1. The van der Waals surface area contributed by atoms with Crippen LogP contribution in [0, 0.1) is 23.7 Å². The molecule has 0 saturated heterocycles. The van der Waals surface area contributed by atoms with Gasteiger partial charge < -0.3 is 9.47 Å². The standard InChI is InChI=1S/C67H56N2/c1-43(2)56-18-9-10-19-57(56)48-26-31-54(32-27-48)68(53-29-24-47(25-30-53)46-14-5-3-6-15-46)55-33-35-64-62(42-55)60-34-28-49(41-65(60)69(64)52-16-7-4-8-17-52)58-21-13-22-61-59-20-11-12-23-63(59)67(66(58)61)50-37-44-36-45(39-50)40-51(67)38-44/h3-35,41-45,50-51H,36-40H2,1-2H3. The van der Waals surface area contributed by atoms with Gasteiger partial charge >= 0.3 is 0 Å². The van der Waals surface area contributed by atoms with Gasteiger partial charge in [0.1, 0.15) is 0 Å². The largest absolute Gasteiger partial charge is 0.310 e.